The first kappa shape index (κ1) is 9.35. The van der Waals surface area contributed by atoms with Gasteiger partial charge in [-0.25, -0.2) is 4.98 Å². The van der Waals surface area contributed by atoms with Crippen molar-refractivity contribution in [3.05, 3.63) is 35.2 Å². The van der Waals surface area contributed by atoms with E-state index < -0.39 is 0 Å². The number of furan rings is 1. The SMILES string of the molecule is Cc1c(C=O)sc2nc(-c3ccco3)cn12. The molecule has 0 fully saturated rings. The van der Waals surface area contributed by atoms with E-state index in [2.05, 4.69) is 4.98 Å². The van der Waals surface area contributed by atoms with Crippen molar-refractivity contribution in [3.8, 4) is 11.5 Å². The average Bonchev–Trinajstić information content (AvgIpc) is 2.95. The van der Waals surface area contributed by atoms with Gasteiger partial charge in [0.05, 0.1) is 11.1 Å². The van der Waals surface area contributed by atoms with Gasteiger partial charge in [-0.05, 0) is 19.1 Å². The van der Waals surface area contributed by atoms with E-state index in [0.717, 1.165) is 28.4 Å². The molecule has 0 N–H and O–H groups in total. The van der Waals surface area contributed by atoms with Gasteiger partial charge in [-0.3, -0.25) is 9.20 Å². The van der Waals surface area contributed by atoms with Crippen LogP contribution >= 0.6 is 11.3 Å². The van der Waals surface area contributed by atoms with E-state index in [1.165, 1.54) is 11.3 Å². The van der Waals surface area contributed by atoms with Gasteiger partial charge in [-0.1, -0.05) is 11.3 Å². The second kappa shape index (κ2) is 3.31. The number of aryl methyl sites for hydroxylation is 1. The molecular formula is C11H8N2O2S. The Kier molecular flexibility index (Phi) is 1.94. The van der Waals surface area contributed by atoms with Crippen molar-refractivity contribution in [3.63, 3.8) is 0 Å². The van der Waals surface area contributed by atoms with Crippen LogP contribution in [0.5, 0.6) is 0 Å². The second-order valence-electron chi connectivity index (χ2n) is 3.43. The van der Waals surface area contributed by atoms with Crippen LogP contribution in [0.15, 0.2) is 29.0 Å². The van der Waals surface area contributed by atoms with E-state index in [1.807, 2.05) is 29.7 Å². The first-order valence-corrected chi connectivity index (χ1v) is 5.59. The van der Waals surface area contributed by atoms with Crippen LogP contribution in [-0.4, -0.2) is 15.7 Å². The Morgan fingerprint density at radius 3 is 3.06 bits per heavy atom. The molecule has 0 aliphatic rings. The highest BCUT2D eigenvalue weighted by Crippen LogP contribution is 2.26. The molecule has 16 heavy (non-hydrogen) atoms. The van der Waals surface area contributed by atoms with E-state index >= 15 is 0 Å². The molecule has 80 valence electrons. The van der Waals surface area contributed by atoms with Crippen LogP contribution in [-0.2, 0) is 0 Å². The van der Waals surface area contributed by atoms with Crippen molar-refractivity contribution in [2.45, 2.75) is 6.92 Å². The van der Waals surface area contributed by atoms with Crippen molar-refractivity contribution in [2.75, 3.05) is 0 Å². The third-order valence-electron chi connectivity index (χ3n) is 2.47. The molecule has 5 heteroatoms. The molecular weight excluding hydrogens is 224 g/mol. The zero-order valence-electron chi connectivity index (χ0n) is 8.51. The first-order chi connectivity index (χ1) is 7.79. The summed E-state index contributed by atoms with van der Waals surface area (Å²) in [5, 5.41) is 0. The Hall–Kier alpha value is -1.88. The van der Waals surface area contributed by atoms with Gasteiger partial charge in [0.25, 0.3) is 0 Å². The van der Waals surface area contributed by atoms with E-state index in [4.69, 9.17) is 4.42 Å². The molecule has 0 saturated carbocycles. The number of aromatic nitrogens is 2. The van der Waals surface area contributed by atoms with Gasteiger partial charge >= 0.3 is 0 Å². The van der Waals surface area contributed by atoms with Gasteiger partial charge in [-0.2, -0.15) is 0 Å². The monoisotopic (exact) mass is 232 g/mol. The number of aldehydes is 1. The number of hydrogen-bond donors (Lipinski definition) is 0. The molecule has 0 unspecified atom stereocenters. The fourth-order valence-corrected chi connectivity index (χ4v) is 2.54. The summed E-state index contributed by atoms with van der Waals surface area (Å²) in [4.78, 5) is 16.7. The van der Waals surface area contributed by atoms with Crippen molar-refractivity contribution >= 4 is 22.6 Å². The van der Waals surface area contributed by atoms with Crippen LogP contribution in [0.25, 0.3) is 16.4 Å². The van der Waals surface area contributed by atoms with Crippen LogP contribution in [0.3, 0.4) is 0 Å². The Labute approximate surface area is 95.2 Å². The summed E-state index contributed by atoms with van der Waals surface area (Å²) in [6.07, 6.45) is 4.36. The Bertz CT molecular complexity index is 649. The predicted molar refractivity (Wildman–Crippen MR) is 60.9 cm³/mol. The van der Waals surface area contributed by atoms with Gasteiger partial charge in [0.15, 0.2) is 17.0 Å². The van der Waals surface area contributed by atoms with E-state index in [9.17, 15) is 4.79 Å². The highest BCUT2D eigenvalue weighted by atomic mass is 32.1. The fraction of sp³-hybridized carbons (Fsp3) is 0.0909. The molecule has 3 heterocycles. The van der Waals surface area contributed by atoms with Gasteiger partial charge in [-0.15, -0.1) is 0 Å². The van der Waals surface area contributed by atoms with Gasteiger partial charge < -0.3 is 4.42 Å². The number of hydrogen-bond acceptors (Lipinski definition) is 4. The number of imidazole rings is 1. The maximum absolute atomic E-state index is 10.8. The summed E-state index contributed by atoms with van der Waals surface area (Å²) in [7, 11) is 0. The number of carbonyl (C=O) groups excluding carboxylic acids is 1. The van der Waals surface area contributed by atoms with Crippen LogP contribution in [0.1, 0.15) is 15.4 Å². The van der Waals surface area contributed by atoms with Gasteiger partial charge in [0, 0.05) is 11.9 Å². The number of nitrogens with zero attached hydrogens (tertiary/aromatic N) is 2. The van der Waals surface area contributed by atoms with Crippen molar-refractivity contribution in [1.82, 2.24) is 9.38 Å². The average molecular weight is 232 g/mol. The molecule has 0 spiro atoms. The molecule has 0 aromatic carbocycles. The molecule has 0 aliphatic heterocycles. The number of carbonyl (C=O) groups is 1. The first-order valence-electron chi connectivity index (χ1n) is 4.77. The van der Waals surface area contributed by atoms with E-state index in [0.29, 0.717) is 4.88 Å². The minimum absolute atomic E-state index is 0.716. The molecule has 0 radical (unpaired) electrons. The smallest absolute Gasteiger partial charge is 0.195 e. The molecule has 0 aliphatic carbocycles. The third kappa shape index (κ3) is 1.22. The lowest BCUT2D eigenvalue weighted by Crippen LogP contribution is -1.84. The lowest BCUT2D eigenvalue weighted by molar-refractivity contribution is 0.112. The lowest BCUT2D eigenvalue weighted by Gasteiger charge is -1.89. The topological polar surface area (TPSA) is 47.5 Å². The molecule has 3 aromatic rings. The van der Waals surface area contributed by atoms with Crippen molar-refractivity contribution in [2.24, 2.45) is 0 Å². The highest BCUT2D eigenvalue weighted by molar-refractivity contribution is 7.18. The summed E-state index contributed by atoms with van der Waals surface area (Å²) in [6.45, 7) is 1.90. The summed E-state index contributed by atoms with van der Waals surface area (Å²) in [6, 6.07) is 3.69. The Morgan fingerprint density at radius 2 is 2.44 bits per heavy atom. The van der Waals surface area contributed by atoms with E-state index in [1.54, 1.807) is 6.26 Å². The standard InChI is InChI=1S/C11H8N2O2S/c1-7-10(6-14)16-11-12-8(5-13(7)11)9-3-2-4-15-9/h2-6H,1H3. The quantitative estimate of drug-likeness (QED) is 0.638. The Morgan fingerprint density at radius 1 is 1.56 bits per heavy atom. The molecule has 0 saturated heterocycles. The fourth-order valence-electron chi connectivity index (χ4n) is 1.62. The van der Waals surface area contributed by atoms with Gasteiger partial charge in [0.2, 0.25) is 0 Å². The largest absolute Gasteiger partial charge is 0.463 e. The maximum Gasteiger partial charge on any atom is 0.195 e. The maximum atomic E-state index is 10.8. The highest BCUT2D eigenvalue weighted by Gasteiger charge is 2.12. The number of fused-ring (bicyclic) bond motifs is 1. The van der Waals surface area contributed by atoms with Gasteiger partial charge in [0.1, 0.15) is 5.69 Å². The molecule has 0 atom stereocenters. The molecule has 3 aromatic heterocycles. The van der Waals surface area contributed by atoms with Crippen LogP contribution in [0, 0.1) is 6.92 Å². The van der Waals surface area contributed by atoms with E-state index in [-0.39, 0.29) is 0 Å². The molecule has 3 rings (SSSR count). The molecule has 4 nitrogen and oxygen atoms in total. The Balaban J connectivity index is 2.22. The zero-order valence-corrected chi connectivity index (χ0v) is 9.32. The van der Waals surface area contributed by atoms with Crippen LogP contribution in [0.4, 0.5) is 0 Å². The summed E-state index contributed by atoms with van der Waals surface area (Å²) in [5.41, 5.74) is 1.71. The third-order valence-corrected chi connectivity index (χ3v) is 3.56. The van der Waals surface area contributed by atoms with Crippen LogP contribution < -0.4 is 0 Å². The second-order valence-corrected chi connectivity index (χ2v) is 4.43. The number of rotatable bonds is 2. The zero-order chi connectivity index (χ0) is 11.1. The molecule has 0 amide bonds. The van der Waals surface area contributed by atoms with Crippen LogP contribution in [0.2, 0.25) is 0 Å². The van der Waals surface area contributed by atoms with Crippen molar-refractivity contribution in [1.29, 1.82) is 0 Å². The summed E-state index contributed by atoms with van der Waals surface area (Å²) >= 11 is 1.38. The predicted octanol–water partition coefficient (Wildman–Crippen LogP) is 2.78. The van der Waals surface area contributed by atoms with Crippen molar-refractivity contribution < 1.29 is 9.21 Å². The summed E-state index contributed by atoms with van der Waals surface area (Å²) < 4.78 is 7.18. The minimum atomic E-state index is 0.716. The normalized spacial score (nSPS) is 11.1. The molecule has 0 bridgehead atoms. The summed E-state index contributed by atoms with van der Waals surface area (Å²) in [5.74, 6) is 0.739. The minimum Gasteiger partial charge on any atom is -0.463 e. The number of thiazole rings is 1. The lowest BCUT2D eigenvalue weighted by atomic mass is 10.3.